The Labute approximate surface area is 111 Å². The van der Waals surface area contributed by atoms with Crippen LogP contribution in [0.3, 0.4) is 0 Å². The lowest BCUT2D eigenvalue weighted by Crippen LogP contribution is -1.88. The van der Waals surface area contributed by atoms with Gasteiger partial charge in [0.2, 0.25) is 0 Å². The van der Waals surface area contributed by atoms with Crippen molar-refractivity contribution in [3.05, 3.63) is 48.2 Å². The predicted octanol–water partition coefficient (Wildman–Crippen LogP) is 5.12. The first-order valence-corrected chi connectivity index (χ1v) is 7.20. The van der Waals surface area contributed by atoms with E-state index in [0.717, 1.165) is 21.6 Å². The normalized spacial score (nSPS) is 10.8. The summed E-state index contributed by atoms with van der Waals surface area (Å²) in [6.07, 6.45) is 1.87. The molecule has 17 heavy (non-hydrogen) atoms. The highest BCUT2D eigenvalue weighted by molar-refractivity contribution is 8.21. The summed E-state index contributed by atoms with van der Waals surface area (Å²) in [4.78, 5) is 4.28. The molecular formula is C14H14ClNS. The Hall–Kier alpha value is -0.990. The highest BCUT2D eigenvalue weighted by atomic mass is 35.7. The van der Waals surface area contributed by atoms with Gasteiger partial charge < -0.3 is 0 Å². The highest BCUT2D eigenvalue weighted by Gasteiger charge is 2.03. The maximum Gasteiger partial charge on any atom is 0.111 e. The molecule has 0 amide bonds. The Bertz CT molecular complexity index is 494. The molecule has 2 rings (SSSR count). The molecule has 0 unspecified atom stereocenters. The molecule has 0 radical (unpaired) electrons. The molecule has 0 fully saturated rings. The monoisotopic (exact) mass is 263 g/mol. The zero-order chi connectivity index (χ0) is 12.3. The summed E-state index contributed by atoms with van der Waals surface area (Å²) in [5.74, 6) is 0.542. The van der Waals surface area contributed by atoms with Gasteiger partial charge in [-0.05, 0) is 33.8 Å². The molecular weight excluding hydrogens is 250 g/mol. The molecule has 0 aliphatic rings. The Morgan fingerprint density at radius 1 is 1.12 bits per heavy atom. The molecule has 0 bridgehead atoms. The smallest absolute Gasteiger partial charge is 0.111 e. The zero-order valence-electron chi connectivity index (χ0n) is 9.85. The maximum absolute atomic E-state index is 5.65. The van der Waals surface area contributed by atoms with Gasteiger partial charge in [-0.3, -0.25) is 0 Å². The van der Waals surface area contributed by atoms with Crippen molar-refractivity contribution in [2.24, 2.45) is 0 Å². The Morgan fingerprint density at radius 2 is 1.94 bits per heavy atom. The van der Waals surface area contributed by atoms with Crippen LogP contribution >= 0.6 is 21.7 Å². The van der Waals surface area contributed by atoms with Crippen molar-refractivity contribution in [3.8, 4) is 11.1 Å². The van der Waals surface area contributed by atoms with Crippen LogP contribution < -0.4 is 0 Å². The molecule has 0 spiro atoms. The average Bonchev–Trinajstić information content (AvgIpc) is 2.39. The van der Waals surface area contributed by atoms with Gasteiger partial charge in [-0.25, -0.2) is 4.98 Å². The number of hydrogen-bond donors (Lipinski definition) is 0. The lowest BCUT2D eigenvalue weighted by atomic mass is 9.98. The lowest BCUT2D eigenvalue weighted by molar-refractivity contribution is 0.867. The molecule has 0 aliphatic heterocycles. The number of benzene rings is 1. The van der Waals surface area contributed by atoms with Crippen LogP contribution in [0.1, 0.15) is 25.3 Å². The summed E-state index contributed by atoms with van der Waals surface area (Å²) in [5, 5.41) is 0.829. The third-order valence-electron chi connectivity index (χ3n) is 2.70. The summed E-state index contributed by atoms with van der Waals surface area (Å²) in [7, 11) is 6.79. The van der Waals surface area contributed by atoms with E-state index in [2.05, 4.69) is 49.2 Å². The van der Waals surface area contributed by atoms with Gasteiger partial charge in [-0.15, -0.1) is 0 Å². The molecule has 2 aromatic rings. The van der Waals surface area contributed by atoms with E-state index in [0.29, 0.717) is 5.92 Å². The van der Waals surface area contributed by atoms with Gasteiger partial charge in [-0.1, -0.05) is 44.2 Å². The largest absolute Gasteiger partial charge is 0.248 e. The first-order chi connectivity index (χ1) is 8.20. The third-order valence-corrected chi connectivity index (χ3v) is 3.58. The fraction of sp³-hybridized carbons (Fsp3) is 0.214. The van der Waals surface area contributed by atoms with Crippen LogP contribution in [0.15, 0.2) is 47.6 Å². The maximum atomic E-state index is 5.65. The molecule has 1 aromatic heterocycles. The molecule has 1 aromatic carbocycles. The molecule has 0 saturated heterocycles. The number of nitrogens with zero attached hydrogens (tertiary/aromatic N) is 1. The van der Waals surface area contributed by atoms with E-state index in [1.54, 1.807) is 0 Å². The summed E-state index contributed by atoms with van der Waals surface area (Å²) < 4.78 is 0. The SMILES string of the molecule is CC(C)c1cccc(-c2ccc(SCl)nc2)c1. The van der Waals surface area contributed by atoms with Gasteiger partial charge in [-0.2, -0.15) is 0 Å². The Morgan fingerprint density at radius 3 is 2.53 bits per heavy atom. The molecule has 0 aliphatic carbocycles. The topological polar surface area (TPSA) is 12.9 Å². The van der Waals surface area contributed by atoms with E-state index in [9.17, 15) is 0 Å². The van der Waals surface area contributed by atoms with Crippen LogP contribution in [0.2, 0.25) is 0 Å². The number of halogens is 1. The number of rotatable bonds is 3. The lowest BCUT2D eigenvalue weighted by Gasteiger charge is -2.08. The first-order valence-electron chi connectivity index (χ1n) is 5.55. The van der Waals surface area contributed by atoms with Gasteiger partial charge in [0.15, 0.2) is 0 Å². The van der Waals surface area contributed by atoms with Gasteiger partial charge in [0, 0.05) is 22.7 Å². The number of hydrogen-bond acceptors (Lipinski definition) is 2. The van der Waals surface area contributed by atoms with E-state index in [-0.39, 0.29) is 0 Å². The standard InChI is InChI=1S/C14H14ClNS/c1-10(2)11-4-3-5-12(8-11)13-6-7-14(17-15)16-9-13/h3-10H,1-2H3. The fourth-order valence-electron chi connectivity index (χ4n) is 1.67. The average molecular weight is 264 g/mol. The molecule has 1 nitrogen and oxygen atoms in total. The summed E-state index contributed by atoms with van der Waals surface area (Å²) >= 11 is 0. The Balaban J connectivity index is 2.35. The predicted molar refractivity (Wildman–Crippen MR) is 75.5 cm³/mol. The van der Waals surface area contributed by atoms with Gasteiger partial charge in [0.25, 0.3) is 0 Å². The minimum absolute atomic E-state index is 0.542. The molecule has 0 atom stereocenters. The molecule has 0 N–H and O–H groups in total. The van der Waals surface area contributed by atoms with Crippen LogP contribution in [0.25, 0.3) is 11.1 Å². The summed E-state index contributed by atoms with van der Waals surface area (Å²) in [6, 6.07) is 12.6. The van der Waals surface area contributed by atoms with Gasteiger partial charge >= 0.3 is 0 Å². The minimum atomic E-state index is 0.542. The van der Waals surface area contributed by atoms with Crippen LogP contribution in [-0.4, -0.2) is 4.98 Å². The first kappa shape index (κ1) is 12.5. The van der Waals surface area contributed by atoms with Gasteiger partial charge in [0.05, 0.1) is 0 Å². The van der Waals surface area contributed by atoms with Crippen molar-refractivity contribution >= 4 is 21.7 Å². The van der Waals surface area contributed by atoms with Crippen molar-refractivity contribution in [1.82, 2.24) is 4.98 Å². The van der Waals surface area contributed by atoms with E-state index < -0.39 is 0 Å². The number of pyridine rings is 1. The van der Waals surface area contributed by atoms with Gasteiger partial charge in [0.1, 0.15) is 5.03 Å². The van der Waals surface area contributed by atoms with E-state index >= 15 is 0 Å². The van der Waals surface area contributed by atoms with Crippen LogP contribution in [0.5, 0.6) is 0 Å². The summed E-state index contributed by atoms with van der Waals surface area (Å²) in [6.45, 7) is 4.40. The summed E-state index contributed by atoms with van der Waals surface area (Å²) in [5.41, 5.74) is 3.68. The van der Waals surface area contributed by atoms with E-state index in [1.165, 1.54) is 11.1 Å². The van der Waals surface area contributed by atoms with Crippen LogP contribution in [-0.2, 0) is 0 Å². The molecule has 1 heterocycles. The zero-order valence-corrected chi connectivity index (χ0v) is 11.4. The van der Waals surface area contributed by atoms with Crippen molar-refractivity contribution in [3.63, 3.8) is 0 Å². The van der Waals surface area contributed by atoms with Crippen molar-refractivity contribution in [2.45, 2.75) is 24.8 Å². The molecule has 88 valence electrons. The van der Waals surface area contributed by atoms with E-state index in [4.69, 9.17) is 10.7 Å². The van der Waals surface area contributed by atoms with Crippen molar-refractivity contribution < 1.29 is 0 Å². The van der Waals surface area contributed by atoms with Crippen LogP contribution in [0.4, 0.5) is 0 Å². The minimum Gasteiger partial charge on any atom is -0.248 e. The van der Waals surface area contributed by atoms with Crippen molar-refractivity contribution in [1.29, 1.82) is 0 Å². The highest BCUT2D eigenvalue weighted by Crippen LogP contribution is 2.26. The molecule has 0 saturated carbocycles. The second kappa shape index (κ2) is 5.56. The quantitative estimate of drug-likeness (QED) is 0.762. The fourth-order valence-corrected chi connectivity index (χ4v) is 2.16. The van der Waals surface area contributed by atoms with Crippen LogP contribution in [0, 0.1) is 0 Å². The van der Waals surface area contributed by atoms with E-state index in [1.807, 2.05) is 12.3 Å². The second-order valence-electron chi connectivity index (χ2n) is 4.24. The van der Waals surface area contributed by atoms with Crippen molar-refractivity contribution in [2.75, 3.05) is 0 Å². The Kier molecular flexibility index (Phi) is 4.08. The second-order valence-corrected chi connectivity index (χ2v) is 5.28. The third kappa shape index (κ3) is 3.02. The number of aromatic nitrogens is 1. The molecule has 3 heteroatoms.